The van der Waals surface area contributed by atoms with E-state index < -0.39 is 10.0 Å². The van der Waals surface area contributed by atoms with E-state index in [9.17, 15) is 13.2 Å². The van der Waals surface area contributed by atoms with Gasteiger partial charge in [0.2, 0.25) is 10.0 Å². The molecule has 0 amide bonds. The standard InChI is InChI=1S/C19H24N2O3S/c1-16(22)18-9-11-19(12-10-18)25(23,24)21(14-13-20(2)3)15-17-7-5-4-6-8-17/h4-12H,13-15H2,1-3H3. The molecule has 2 rings (SSSR count). The van der Waals surface area contributed by atoms with Gasteiger partial charge >= 0.3 is 0 Å². The summed E-state index contributed by atoms with van der Waals surface area (Å²) in [6.07, 6.45) is 0. The average molecular weight is 360 g/mol. The predicted molar refractivity (Wildman–Crippen MR) is 99.0 cm³/mol. The number of Topliss-reactive ketones (excluding diaryl/α,β-unsaturated/α-hetero) is 1. The van der Waals surface area contributed by atoms with E-state index >= 15 is 0 Å². The fraction of sp³-hybridized carbons (Fsp3) is 0.316. The zero-order chi connectivity index (χ0) is 18.4. The summed E-state index contributed by atoms with van der Waals surface area (Å²) in [6.45, 7) is 2.78. The number of nitrogens with zero attached hydrogens (tertiary/aromatic N) is 2. The number of likely N-dealkylation sites (N-methyl/N-ethyl adjacent to an activating group) is 1. The predicted octanol–water partition coefficient (Wildman–Crippen LogP) is 2.64. The molecule has 0 atom stereocenters. The highest BCUT2D eigenvalue weighted by Crippen LogP contribution is 2.19. The second-order valence-electron chi connectivity index (χ2n) is 6.21. The van der Waals surface area contributed by atoms with Gasteiger partial charge in [0, 0.05) is 25.2 Å². The minimum absolute atomic E-state index is 0.0855. The lowest BCUT2D eigenvalue weighted by Gasteiger charge is -2.24. The van der Waals surface area contributed by atoms with Crippen molar-refractivity contribution in [2.45, 2.75) is 18.4 Å². The molecule has 0 aromatic heterocycles. The average Bonchev–Trinajstić information content (AvgIpc) is 2.59. The molecule has 0 aliphatic rings. The van der Waals surface area contributed by atoms with Gasteiger partial charge in [-0.05, 0) is 38.7 Å². The van der Waals surface area contributed by atoms with Crippen LogP contribution in [0.3, 0.4) is 0 Å². The lowest BCUT2D eigenvalue weighted by atomic mass is 10.2. The molecule has 0 bridgehead atoms. The molecule has 134 valence electrons. The molecule has 0 aliphatic heterocycles. The molecule has 0 saturated carbocycles. The van der Waals surface area contributed by atoms with Crippen LogP contribution in [0.15, 0.2) is 59.5 Å². The van der Waals surface area contributed by atoms with Crippen LogP contribution in [-0.4, -0.2) is 50.6 Å². The van der Waals surface area contributed by atoms with E-state index in [-0.39, 0.29) is 10.7 Å². The summed E-state index contributed by atoms with van der Waals surface area (Å²) in [7, 11) is 0.181. The summed E-state index contributed by atoms with van der Waals surface area (Å²) in [5.41, 5.74) is 1.44. The summed E-state index contributed by atoms with van der Waals surface area (Å²) in [5, 5.41) is 0. The van der Waals surface area contributed by atoms with Crippen molar-refractivity contribution in [1.29, 1.82) is 0 Å². The molecule has 0 fully saturated rings. The molecule has 2 aromatic carbocycles. The Balaban J connectivity index is 2.31. The zero-order valence-corrected chi connectivity index (χ0v) is 15.7. The quantitative estimate of drug-likeness (QED) is 0.679. The fourth-order valence-corrected chi connectivity index (χ4v) is 3.81. The van der Waals surface area contributed by atoms with Gasteiger partial charge in [-0.15, -0.1) is 0 Å². The van der Waals surface area contributed by atoms with Crippen molar-refractivity contribution >= 4 is 15.8 Å². The Labute approximate surface area is 149 Å². The Hall–Kier alpha value is -2.02. The van der Waals surface area contributed by atoms with Crippen molar-refractivity contribution in [2.24, 2.45) is 0 Å². The smallest absolute Gasteiger partial charge is 0.243 e. The minimum Gasteiger partial charge on any atom is -0.308 e. The Bertz CT molecular complexity index is 800. The van der Waals surface area contributed by atoms with Crippen molar-refractivity contribution < 1.29 is 13.2 Å². The van der Waals surface area contributed by atoms with Gasteiger partial charge < -0.3 is 4.90 Å². The van der Waals surface area contributed by atoms with E-state index in [0.29, 0.717) is 25.2 Å². The van der Waals surface area contributed by atoms with E-state index in [4.69, 9.17) is 0 Å². The SMILES string of the molecule is CC(=O)c1ccc(S(=O)(=O)N(CCN(C)C)Cc2ccccc2)cc1. The summed E-state index contributed by atoms with van der Waals surface area (Å²) in [4.78, 5) is 13.5. The number of carbonyl (C=O) groups is 1. The molecule has 0 aliphatic carbocycles. The van der Waals surface area contributed by atoms with Gasteiger partial charge in [0.15, 0.2) is 5.78 Å². The molecule has 0 saturated heterocycles. The van der Waals surface area contributed by atoms with Crippen molar-refractivity contribution in [3.63, 3.8) is 0 Å². The monoisotopic (exact) mass is 360 g/mol. The van der Waals surface area contributed by atoms with Gasteiger partial charge in [-0.1, -0.05) is 42.5 Å². The summed E-state index contributed by atoms with van der Waals surface area (Å²) in [5.74, 6) is -0.0855. The highest BCUT2D eigenvalue weighted by Gasteiger charge is 2.24. The number of sulfonamides is 1. The number of carbonyl (C=O) groups excluding carboxylic acids is 1. The number of hydrogen-bond donors (Lipinski definition) is 0. The van der Waals surface area contributed by atoms with Crippen LogP contribution >= 0.6 is 0 Å². The molecular formula is C19H24N2O3S. The van der Waals surface area contributed by atoms with E-state index in [0.717, 1.165) is 5.56 Å². The Kier molecular flexibility index (Phi) is 6.47. The highest BCUT2D eigenvalue weighted by molar-refractivity contribution is 7.89. The first-order valence-corrected chi connectivity index (χ1v) is 9.54. The second-order valence-corrected chi connectivity index (χ2v) is 8.15. The molecule has 0 unspecified atom stereocenters. The fourth-order valence-electron chi connectivity index (χ4n) is 2.39. The molecule has 0 spiro atoms. The zero-order valence-electron chi connectivity index (χ0n) is 14.8. The van der Waals surface area contributed by atoms with Crippen LogP contribution in [0.4, 0.5) is 0 Å². The molecule has 5 nitrogen and oxygen atoms in total. The lowest BCUT2D eigenvalue weighted by Crippen LogP contribution is -2.36. The molecule has 2 aromatic rings. The van der Waals surface area contributed by atoms with Gasteiger partial charge in [-0.25, -0.2) is 8.42 Å². The van der Waals surface area contributed by atoms with Gasteiger partial charge in [0.05, 0.1) is 4.90 Å². The third-order valence-corrected chi connectivity index (χ3v) is 5.76. The Morgan fingerprint density at radius 2 is 1.52 bits per heavy atom. The maximum absolute atomic E-state index is 13.1. The van der Waals surface area contributed by atoms with Crippen molar-refractivity contribution in [3.05, 3.63) is 65.7 Å². The van der Waals surface area contributed by atoms with Gasteiger partial charge in [0.25, 0.3) is 0 Å². The largest absolute Gasteiger partial charge is 0.308 e. The van der Waals surface area contributed by atoms with Crippen LogP contribution < -0.4 is 0 Å². The summed E-state index contributed by atoms with van der Waals surface area (Å²) < 4.78 is 27.6. The van der Waals surface area contributed by atoms with Crippen LogP contribution in [0, 0.1) is 0 Å². The van der Waals surface area contributed by atoms with Crippen molar-refractivity contribution in [1.82, 2.24) is 9.21 Å². The van der Waals surface area contributed by atoms with E-state index in [1.54, 1.807) is 12.1 Å². The molecule has 0 heterocycles. The first kappa shape index (κ1) is 19.3. The van der Waals surface area contributed by atoms with Crippen LogP contribution in [0.1, 0.15) is 22.8 Å². The third-order valence-electron chi connectivity index (χ3n) is 3.90. The van der Waals surface area contributed by atoms with E-state index in [1.807, 2.05) is 49.3 Å². The summed E-state index contributed by atoms with van der Waals surface area (Å²) in [6, 6.07) is 15.6. The number of rotatable bonds is 8. The topological polar surface area (TPSA) is 57.7 Å². The minimum atomic E-state index is -3.64. The first-order valence-electron chi connectivity index (χ1n) is 8.10. The second kappa shape index (κ2) is 8.38. The molecule has 0 radical (unpaired) electrons. The first-order chi connectivity index (χ1) is 11.8. The number of benzene rings is 2. The van der Waals surface area contributed by atoms with Gasteiger partial charge in [-0.2, -0.15) is 4.31 Å². The lowest BCUT2D eigenvalue weighted by molar-refractivity contribution is 0.101. The molecule has 6 heteroatoms. The van der Waals surface area contributed by atoms with Crippen molar-refractivity contribution in [2.75, 3.05) is 27.2 Å². The summed E-state index contributed by atoms with van der Waals surface area (Å²) >= 11 is 0. The number of hydrogen-bond acceptors (Lipinski definition) is 4. The van der Waals surface area contributed by atoms with Crippen molar-refractivity contribution in [3.8, 4) is 0 Å². The Morgan fingerprint density at radius 1 is 0.920 bits per heavy atom. The van der Waals surface area contributed by atoms with E-state index in [1.165, 1.54) is 23.4 Å². The van der Waals surface area contributed by atoms with E-state index in [2.05, 4.69) is 0 Å². The van der Waals surface area contributed by atoms with Crippen LogP contribution in [0.5, 0.6) is 0 Å². The maximum atomic E-state index is 13.1. The van der Waals surface area contributed by atoms with Crippen LogP contribution in [0.2, 0.25) is 0 Å². The Morgan fingerprint density at radius 3 is 2.04 bits per heavy atom. The highest BCUT2D eigenvalue weighted by atomic mass is 32.2. The normalized spacial score (nSPS) is 11.9. The van der Waals surface area contributed by atoms with Crippen LogP contribution in [-0.2, 0) is 16.6 Å². The van der Waals surface area contributed by atoms with Gasteiger partial charge in [-0.3, -0.25) is 4.79 Å². The maximum Gasteiger partial charge on any atom is 0.243 e. The van der Waals surface area contributed by atoms with Gasteiger partial charge in [0.1, 0.15) is 0 Å². The third kappa shape index (κ3) is 5.22. The number of ketones is 1. The molecule has 0 N–H and O–H groups in total. The molecule has 25 heavy (non-hydrogen) atoms. The molecular weight excluding hydrogens is 336 g/mol. The van der Waals surface area contributed by atoms with Crippen LogP contribution in [0.25, 0.3) is 0 Å².